The van der Waals surface area contributed by atoms with E-state index in [-0.39, 0.29) is 19.1 Å². The van der Waals surface area contributed by atoms with Crippen molar-refractivity contribution in [3.63, 3.8) is 0 Å². The van der Waals surface area contributed by atoms with Gasteiger partial charge in [0.15, 0.2) is 5.82 Å². The second kappa shape index (κ2) is 7.22. The minimum absolute atomic E-state index is 0.0246. The summed E-state index contributed by atoms with van der Waals surface area (Å²) in [5.41, 5.74) is 1.23. The zero-order valence-electron chi connectivity index (χ0n) is 11.6. The molecular weight excluding hydrogens is 270 g/mol. The van der Waals surface area contributed by atoms with Gasteiger partial charge in [-0.15, -0.1) is 0 Å². The fourth-order valence-corrected chi connectivity index (χ4v) is 1.63. The van der Waals surface area contributed by atoms with Crippen LogP contribution in [0.4, 0.5) is 0 Å². The molecule has 0 aliphatic carbocycles. The summed E-state index contributed by atoms with van der Waals surface area (Å²) in [7, 11) is 0. The number of rotatable bonds is 4. The Bertz CT molecular complexity index is 683. The van der Waals surface area contributed by atoms with Gasteiger partial charge >= 0.3 is 0 Å². The molecule has 2 rings (SSSR count). The van der Waals surface area contributed by atoms with Gasteiger partial charge in [-0.25, -0.2) is 0 Å². The molecule has 0 spiro atoms. The molecular formula is C15H15N3O3. The maximum Gasteiger partial charge on any atom is 0.251 e. The van der Waals surface area contributed by atoms with Gasteiger partial charge in [-0.1, -0.05) is 23.1 Å². The van der Waals surface area contributed by atoms with E-state index in [9.17, 15) is 4.79 Å². The van der Waals surface area contributed by atoms with Crippen LogP contribution in [0.1, 0.15) is 34.1 Å². The Morgan fingerprint density at radius 1 is 1.48 bits per heavy atom. The van der Waals surface area contributed by atoms with Crippen LogP contribution in [0.3, 0.4) is 0 Å². The molecule has 0 fully saturated rings. The van der Waals surface area contributed by atoms with Crippen molar-refractivity contribution < 1.29 is 14.4 Å². The highest BCUT2D eigenvalue weighted by Gasteiger charge is 2.08. The molecule has 1 heterocycles. The van der Waals surface area contributed by atoms with Gasteiger partial charge in [0.1, 0.15) is 0 Å². The molecule has 0 atom stereocenters. The normalized spacial score (nSPS) is 9.81. The van der Waals surface area contributed by atoms with Crippen LogP contribution in [0.25, 0.3) is 0 Å². The molecule has 0 radical (unpaired) electrons. The van der Waals surface area contributed by atoms with Gasteiger partial charge in [0.05, 0.1) is 13.2 Å². The zero-order chi connectivity index (χ0) is 15.1. The van der Waals surface area contributed by atoms with Gasteiger partial charge in [-0.05, 0) is 25.1 Å². The second-order valence-corrected chi connectivity index (χ2v) is 4.27. The molecule has 6 nitrogen and oxygen atoms in total. The first-order chi connectivity index (χ1) is 10.2. The molecule has 0 unspecified atom stereocenters. The van der Waals surface area contributed by atoms with Gasteiger partial charge in [0.25, 0.3) is 5.91 Å². The Morgan fingerprint density at radius 3 is 3.05 bits per heavy atom. The number of aromatic nitrogens is 2. The van der Waals surface area contributed by atoms with E-state index in [1.807, 2.05) is 6.07 Å². The summed E-state index contributed by atoms with van der Waals surface area (Å²) >= 11 is 0. The standard InChI is InChI=1S/C15H15N3O3/c1-11-17-14(21-18-11)10-16-15(20)13-7-4-6-12(9-13)5-2-3-8-19/h4,6-7,9,19H,3,8,10H2,1H3,(H,16,20). The summed E-state index contributed by atoms with van der Waals surface area (Å²) < 4.78 is 4.92. The molecule has 21 heavy (non-hydrogen) atoms. The summed E-state index contributed by atoms with van der Waals surface area (Å²) in [5, 5.41) is 15.0. The lowest BCUT2D eigenvalue weighted by Crippen LogP contribution is -2.23. The molecule has 0 bridgehead atoms. The topological polar surface area (TPSA) is 88.2 Å². The minimum Gasteiger partial charge on any atom is -0.395 e. The van der Waals surface area contributed by atoms with E-state index in [4.69, 9.17) is 9.63 Å². The van der Waals surface area contributed by atoms with Gasteiger partial charge in [0, 0.05) is 17.5 Å². The van der Waals surface area contributed by atoms with Crippen LogP contribution >= 0.6 is 0 Å². The number of benzene rings is 1. The number of carbonyl (C=O) groups excluding carboxylic acids is 1. The number of carbonyl (C=O) groups is 1. The monoisotopic (exact) mass is 285 g/mol. The maximum absolute atomic E-state index is 12.0. The fraction of sp³-hybridized carbons (Fsp3) is 0.267. The SMILES string of the molecule is Cc1noc(CNC(=O)c2cccc(C#CCCO)c2)n1. The Balaban J connectivity index is 1.99. The number of aryl methyl sites for hydroxylation is 1. The van der Waals surface area contributed by atoms with Crippen LogP contribution in [-0.4, -0.2) is 27.8 Å². The highest BCUT2D eigenvalue weighted by molar-refractivity contribution is 5.94. The third-order valence-corrected chi connectivity index (χ3v) is 2.56. The summed E-state index contributed by atoms with van der Waals surface area (Å²) in [4.78, 5) is 16.0. The molecule has 108 valence electrons. The maximum atomic E-state index is 12.0. The first kappa shape index (κ1) is 14.8. The number of aliphatic hydroxyl groups is 1. The van der Waals surface area contributed by atoms with Crippen LogP contribution < -0.4 is 5.32 Å². The van der Waals surface area contributed by atoms with Crippen molar-refractivity contribution in [3.05, 3.63) is 47.1 Å². The van der Waals surface area contributed by atoms with E-state index in [2.05, 4.69) is 27.3 Å². The zero-order valence-corrected chi connectivity index (χ0v) is 11.6. The molecule has 0 aliphatic rings. The first-order valence-electron chi connectivity index (χ1n) is 6.46. The molecule has 2 N–H and O–H groups in total. The van der Waals surface area contributed by atoms with Crippen molar-refractivity contribution in [1.82, 2.24) is 15.5 Å². The Kier molecular flexibility index (Phi) is 5.07. The molecule has 2 aromatic rings. The van der Waals surface area contributed by atoms with Crippen LogP contribution in [0, 0.1) is 18.8 Å². The van der Waals surface area contributed by atoms with Crippen molar-refractivity contribution in [2.45, 2.75) is 19.9 Å². The van der Waals surface area contributed by atoms with E-state index in [0.717, 1.165) is 5.56 Å². The lowest BCUT2D eigenvalue weighted by atomic mass is 10.1. The fourth-order valence-electron chi connectivity index (χ4n) is 1.63. The summed E-state index contributed by atoms with van der Waals surface area (Å²) in [6.07, 6.45) is 0.410. The third kappa shape index (κ3) is 4.44. The van der Waals surface area contributed by atoms with E-state index in [1.165, 1.54) is 0 Å². The third-order valence-electron chi connectivity index (χ3n) is 2.56. The average Bonchev–Trinajstić information content (AvgIpc) is 2.91. The second-order valence-electron chi connectivity index (χ2n) is 4.27. The number of hydrogen-bond acceptors (Lipinski definition) is 5. The number of aliphatic hydroxyl groups excluding tert-OH is 1. The van der Waals surface area contributed by atoms with E-state index >= 15 is 0 Å². The van der Waals surface area contributed by atoms with Crippen molar-refractivity contribution >= 4 is 5.91 Å². The number of nitrogens with zero attached hydrogens (tertiary/aromatic N) is 2. The van der Waals surface area contributed by atoms with Crippen molar-refractivity contribution in [2.24, 2.45) is 0 Å². The summed E-state index contributed by atoms with van der Waals surface area (Å²) in [5.74, 6) is 6.35. The summed E-state index contributed by atoms with van der Waals surface area (Å²) in [6.45, 7) is 1.92. The molecule has 0 saturated carbocycles. The molecule has 1 amide bonds. The molecule has 0 aliphatic heterocycles. The molecule has 6 heteroatoms. The lowest BCUT2D eigenvalue weighted by Gasteiger charge is -2.02. The lowest BCUT2D eigenvalue weighted by molar-refractivity contribution is 0.0946. The van der Waals surface area contributed by atoms with Gasteiger partial charge < -0.3 is 14.9 Å². The highest BCUT2D eigenvalue weighted by atomic mass is 16.5. The Morgan fingerprint density at radius 2 is 2.33 bits per heavy atom. The van der Waals surface area contributed by atoms with Crippen molar-refractivity contribution in [1.29, 1.82) is 0 Å². The first-order valence-corrected chi connectivity index (χ1v) is 6.46. The number of amides is 1. The smallest absolute Gasteiger partial charge is 0.251 e. The van der Waals surface area contributed by atoms with E-state index < -0.39 is 0 Å². The summed E-state index contributed by atoms with van der Waals surface area (Å²) in [6, 6.07) is 6.96. The van der Waals surface area contributed by atoms with E-state index in [1.54, 1.807) is 25.1 Å². The van der Waals surface area contributed by atoms with Gasteiger partial charge in [-0.3, -0.25) is 4.79 Å². The van der Waals surface area contributed by atoms with Gasteiger partial charge in [0.2, 0.25) is 5.89 Å². The molecule has 1 aromatic heterocycles. The minimum atomic E-state index is -0.239. The average molecular weight is 285 g/mol. The van der Waals surface area contributed by atoms with Crippen LogP contribution in [0.5, 0.6) is 0 Å². The van der Waals surface area contributed by atoms with Crippen molar-refractivity contribution in [3.8, 4) is 11.8 Å². The number of hydrogen-bond donors (Lipinski definition) is 2. The van der Waals surface area contributed by atoms with Crippen LogP contribution in [0.2, 0.25) is 0 Å². The quantitative estimate of drug-likeness (QED) is 0.819. The largest absolute Gasteiger partial charge is 0.395 e. The molecule has 0 saturated heterocycles. The Labute approximate surface area is 122 Å². The predicted octanol–water partition coefficient (Wildman–Crippen LogP) is 1.04. The van der Waals surface area contributed by atoms with Crippen LogP contribution in [0.15, 0.2) is 28.8 Å². The number of nitrogens with one attached hydrogen (secondary N) is 1. The molecule has 1 aromatic carbocycles. The van der Waals surface area contributed by atoms with Crippen molar-refractivity contribution in [2.75, 3.05) is 6.61 Å². The highest BCUT2D eigenvalue weighted by Crippen LogP contribution is 2.05. The predicted molar refractivity (Wildman–Crippen MR) is 75.2 cm³/mol. The Hall–Kier alpha value is -2.65. The van der Waals surface area contributed by atoms with E-state index in [0.29, 0.717) is 23.7 Å². The van der Waals surface area contributed by atoms with Crippen LogP contribution in [-0.2, 0) is 6.54 Å². The van der Waals surface area contributed by atoms with Gasteiger partial charge in [-0.2, -0.15) is 4.98 Å².